The summed E-state index contributed by atoms with van der Waals surface area (Å²) in [6.07, 6.45) is 3.34. The fourth-order valence-electron chi connectivity index (χ4n) is 1.34. The number of rotatable bonds is 4. The fourth-order valence-corrected chi connectivity index (χ4v) is 1.90. The Bertz CT molecular complexity index is 319. The first-order valence-corrected chi connectivity index (χ1v) is 6.32. The molecular formula is C13H18BrN. The molecule has 1 aromatic carbocycles. The summed E-state index contributed by atoms with van der Waals surface area (Å²) in [6, 6.07) is 8.61. The van der Waals surface area contributed by atoms with Gasteiger partial charge in [0.2, 0.25) is 0 Å². The molecule has 0 radical (unpaired) electrons. The second kappa shape index (κ2) is 5.96. The third-order valence-corrected chi connectivity index (χ3v) is 3.13. The largest absolute Gasteiger partial charge is 0.378 e. The lowest BCUT2D eigenvalue weighted by Gasteiger charge is -2.12. The molecule has 0 amide bonds. The molecule has 1 nitrogen and oxygen atoms in total. The maximum absolute atomic E-state index is 3.49. The van der Waals surface area contributed by atoms with E-state index in [1.54, 1.807) is 0 Å². The summed E-state index contributed by atoms with van der Waals surface area (Å²) in [6.45, 7) is 2.18. The zero-order valence-corrected chi connectivity index (χ0v) is 11.2. The van der Waals surface area contributed by atoms with Crippen LogP contribution in [0.1, 0.15) is 18.9 Å². The normalized spacial score (nSPS) is 11.6. The van der Waals surface area contributed by atoms with Crippen LogP contribution in [0.15, 0.2) is 29.8 Å². The van der Waals surface area contributed by atoms with Crippen LogP contribution in [0, 0.1) is 0 Å². The highest BCUT2D eigenvalue weighted by Crippen LogP contribution is 2.16. The van der Waals surface area contributed by atoms with Crippen molar-refractivity contribution < 1.29 is 0 Å². The van der Waals surface area contributed by atoms with E-state index in [2.05, 4.69) is 72.2 Å². The minimum Gasteiger partial charge on any atom is -0.378 e. The maximum Gasteiger partial charge on any atom is 0.0361 e. The van der Waals surface area contributed by atoms with Crippen molar-refractivity contribution in [3.8, 4) is 0 Å². The van der Waals surface area contributed by atoms with Crippen molar-refractivity contribution in [3.05, 3.63) is 35.4 Å². The highest BCUT2D eigenvalue weighted by Gasteiger charge is 1.95. The second-order valence-corrected chi connectivity index (χ2v) is 4.34. The molecule has 0 aromatic heterocycles. The van der Waals surface area contributed by atoms with E-state index < -0.39 is 0 Å². The molecule has 0 aliphatic rings. The molecule has 0 bridgehead atoms. The summed E-state index contributed by atoms with van der Waals surface area (Å²) in [5, 5.41) is 0.957. The summed E-state index contributed by atoms with van der Waals surface area (Å²) in [4.78, 5) is 2.11. The van der Waals surface area contributed by atoms with E-state index in [1.807, 2.05) is 0 Å². The Labute approximate surface area is 101 Å². The lowest BCUT2D eigenvalue weighted by atomic mass is 10.1. The lowest BCUT2D eigenvalue weighted by Crippen LogP contribution is -2.07. The zero-order chi connectivity index (χ0) is 11.3. The average Bonchev–Trinajstić information content (AvgIpc) is 2.26. The molecule has 2 heteroatoms. The molecule has 0 fully saturated rings. The minimum absolute atomic E-state index is 0.957. The quantitative estimate of drug-likeness (QED) is 0.747. The Hall–Kier alpha value is -0.760. The van der Waals surface area contributed by atoms with Gasteiger partial charge in [0, 0.05) is 25.1 Å². The summed E-state index contributed by atoms with van der Waals surface area (Å²) in [5.74, 6) is 0. The second-order valence-electron chi connectivity index (χ2n) is 3.78. The van der Waals surface area contributed by atoms with Crippen LogP contribution in [-0.4, -0.2) is 19.4 Å². The number of allylic oxidation sites excluding steroid dienone is 1. The van der Waals surface area contributed by atoms with Crippen molar-refractivity contribution in [2.45, 2.75) is 13.3 Å². The Morgan fingerprint density at radius 3 is 2.27 bits per heavy atom. The average molecular weight is 268 g/mol. The van der Waals surface area contributed by atoms with Crippen molar-refractivity contribution in [3.63, 3.8) is 0 Å². The van der Waals surface area contributed by atoms with Crippen LogP contribution in [0.4, 0.5) is 5.69 Å². The van der Waals surface area contributed by atoms with Gasteiger partial charge in [0.1, 0.15) is 0 Å². The summed E-state index contributed by atoms with van der Waals surface area (Å²) in [7, 11) is 4.11. The third-order valence-electron chi connectivity index (χ3n) is 2.41. The van der Waals surface area contributed by atoms with Crippen molar-refractivity contribution in [2.75, 3.05) is 24.3 Å². The monoisotopic (exact) mass is 267 g/mol. The van der Waals surface area contributed by atoms with Crippen LogP contribution < -0.4 is 4.90 Å². The smallest absolute Gasteiger partial charge is 0.0361 e. The Kier molecular flexibility index (Phi) is 4.89. The van der Waals surface area contributed by atoms with E-state index in [0.29, 0.717) is 0 Å². The van der Waals surface area contributed by atoms with Gasteiger partial charge in [-0.15, -0.1) is 0 Å². The Morgan fingerprint density at radius 2 is 1.87 bits per heavy atom. The molecule has 0 saturated heterocycles. The van der Waals surface area contributed by atoms with Gasteiger partial charge < -0.3 is 4.90 Å². The number of halogens is 1. The van der Waals surface area contributed by atoms with Crippen molar-refractivity contribution >= 4 is 27.7 Å². The molecule has 0 unspecified atom stereocenters. The van der Waals surface area contributed by atoms with Gasteiger partial charge in [0.15, 0.2) is 0 Å². The highest BCUT2D eigenvalue weighted by atomic mass is 79.9. The minimum atomic E-state index is 0.957. The van der Waals surface area contributed by atoms with Crippen LogP contribution in [0.2, 0.25) is 0 Å². The van der Waals surface area contributed by atoms with E-state index in [0.717, 1.165) is 11.8 Å². The van der Waals surface area contributed by atoms with Gasteiger partial charge in [-0.1, -0.05) is 46.6 Å². The lowest BCUT2D eigenvalue weighted by molar-refractivity contribution is 1.12. The molecule has 0 aliphatic carbocycles. The SMILES string of the molecule is CCC(=Cc1ccc(N(C)C)cc1)CBr. The van der Waals surface area contributed by atoms with E-state index in [4.69, 9.17) is 0 Å². The Balaban J connectivity index is 2.84. The highest BCUT2D eigenvalue weighted by molar-refractivity contribution is 9.09. The molecule has 1 aromatic rings. The van der Waals surface area contributed by atoms with Crippen LogP contribution >= 0.6 is 15.9 Å². The predicted octanol–water partition coefficient (Wildman–Crippen LogP) is 3.94. The standard InChI is InChI=1S/C13H18BrN/c1-4-11(10-14)9-12-5-7-13(8-6-12)15(2)3/h5-9H,4,10H2,1-3H3. The zero-order valence-electron chi connectivity index (χ0n) is 9.63. The van der Waals surface area contributed by atoms with Gasteiger partial charge in [-0.3, -0.25) is 0 Å². The number of nitrogens with zero attached hydrogens (tertiary/aromatic N) is 1. The van der Waals surface area contributed by atoms with Crippen LogP contribution in [0.25, 0.3) is 6.08 Å². The topological polar surface area (TPSA) is 3.24 Å². The molecule has 0 spiro atoms. The number of anilines is 1. The first kappa shape index (κ1) is 12.3. The molecule has 0 atom stereocenters. The molecule has 0 saturated carbocycles. The van der Waals surface area contributed by atoms with Gasteiger partial charge in [-0.25, -0.2) is 0 Å². The van der Waals surface area contributed by atoms with Crippen molar-refractivity contribution in [2.24, 2.45) is 0 Å². The van der Waals surface area contributed by atoms with Gasteiger partial charge >= 0.3 is 0 Å². The van der Waals surface area contributed by atoms with E-state index in [9.17, 15) is 0 Å². The molecule has 0 N–H and O–H groups in total. The first-order chi connectivity index (χ1) is 7.17. The molecular weight excluding hydrogens is 250 g/mol. The van der Waals surface area contributed by atoms with E-state index in [1.165, 1.54) is 16.8 Å². The van der Waals surface area contributed by atoms with E-state index in [-0.39, 0.29) is 0 Å². The molecule has 0 aliphatic heterocycles. The number of benzene rings is 1. The van der Waals surface area contributed by atoms with Crippen LogP contribution in [0.5, 0.6) is 0 Å². The van der Waals surface area contributed by atoms with E-state index >= 15 is 0 Å². The Morgan fingerprint density at radius 1 is 1.27 bits per heavy atom. The number of hydrogen-bond acceptors (Lipinski definition) is 1. The summed E-state index contributed by atoms with van der Waals surface area (Å²) in [5.41, 5.74) is 3.94. The van der Waals surface area contributed by atoms with Gasteiger partial charge in [0.25, 0.3) is 0 Å². The number of hydrogen-bond donors (Lipinski definition) is 0. The number of alkyl halides is 1. The molecule has 0 heterocycles. The molecule has 1 rings (SSSR count). The van der Waals surface area contributed by atoms with Gasteiger partial charge in [-0.2, -0.15) is 0 Å². The molecule has 82 valence electrons. The third kappa shape index (κ3) is 3.71. The summed E-state index contributed by atoms with van der Waals surface area (Å²) >= 11 is 3.49. The van der Waals surface area contributed by atoms with Crippen LogP contribution in [-0.2, 0) is 0 Å². The molecule has 15 heavy (non-hydrogen) atoms. The predicted molar refractivity (Wildman–Crippen MR) is 72.8 cm³/mol. The van der Waals surface area contributed by atoms with Crippen LogP contribution in [0.3, 0.4) is 0 Å². The van der Waals surface area contributed by atoms with Crippen molar-refractivity contribution in [1.82, 2.24) is 0 Å². The van der Waals surface area contributed by atoms with Crippen molar-refractivity contribution in [1.29, 1.82) is 0 Å². The van der Waals surface area contributed by atoms with Gasteiger partial charge in [0.05, 0.1) is 0 Å². The fraction of sp³-hybridized carbons (Fsp3) is 0.385. The maximum atomic E-state index is 3.49. The summed E-state index contributed by atoms with van der Waals surface area (Å²) < 4.78 is 0. The first-order valence-electron chi connectivity index (χ1n) is 5.20. The van der Waals surface area contributed by atoms with Gasteiger partial charge in [-0.05, 0) is 24.1 Å².